The Kier molecular flexibility index (Phi) is 4.19. The first-order chi connectivity index (χ1) is 8.95. The number of nitrogens with one attached hydrogen (secondary N) is 1. The number of anilines is 1. The van der Waals surface area contributed by atoms with Crippen molar-refractivity contribution in [2.24, 2.45) is 0 Å². The molecule has 6 heteroatoms. The summed E-state index contributed by atoms with van der Waals surface area (Å²) in [7, 11) is 2.03. The predicted molar refractivity (Wildman–Crippen MR) is 67.2 cm³/mol. The maximum absolute atomic E-state index is 13.5. The summed E-state index contributed by atoms with van der Waals surface area (Å²) in [6.07, 6.45) is 0.966. The van der Waals surface area contributed by atoms with E-state index in [0.717, 1.165) is 13.0 Å². The Balaban J connectivity index is 2.00. The predicted octanol–water partition coefficient (Wildman–Crippen LogP) is 2.93. The molecule has 0 amide bonds. The van der Waals surface area contributed by atoms with Gasteiger partial charge in [0.2, 0.25) is 0 Å². The highest BCUT2D eigenvalue weighted by Gasteiger charge is 2.26. The number of likely N-dealkylation sites (N-methyl/N-ethyl adjacent to an activating group) is 1. The van der Waals surface area contributed by atoms with Gasteiger partial charge in [0.15, 0.2) is 11.6 Å². The lowest BCUT2D eigenvalue weighted by atomic mass is 10.2. The number of hydrogen-bond acceptors (Lipinski definition) is 3. The van der Waals surface area contributed by atoms with E-state index < -0.39 is 18.2 Å². The highest BCUT2D eigenvalue weighted by molar-refractivity contribution is 5.48. The van der Waals surface area contributed by atoms with Crippen LogP contribution < -0.4 is 10.1 Å². The fraction of sp³-hybridized carbons (Fsp3) is 0.538. The fourth-order valence-electron chi connectivity index (χ4n) is 2.32. The summed E-state index contributed by atoms with van der Waals surface area (Å²) in [5.41, 5.74) is 0.576. The van der Waals surface area contributed by atoms with Gasteiger partial charge in [-0.2, -0.15) is 8.78 Å². The zero-order chi connectivity index (χ0) is 14.0. The topological polar surface area (TPSA) is 24.5 Å². The summed E-state index contributed by atoms with van der Waals surface area (Å²) in [6.45, 7) is -0.0162. The van der Waals surface area contributed by atoms with Gasteiger partial charge in [-0.25, -0.2) is 4.39 Å². The quantitative estimate of drug-likeness (QED) is 0.913. The van der Waals surface area contributed by atoms with Gasteiger partial charge in [0.25, 0.3) is 0 Å². The Morgan fingerprint density at radius 2 is 2.16 bits per heavy atom. The summed E-state index contributed by atoms with van der Waals surface area (Å²) in [5, 5.41) is 3.20. The summed E-state index contributed by atoms with van der Waals surface area (Å²) in [6, 6.07) is 4.65. The Morgan fingerprint density at radius 1 is 1.42 bits per heavy atom. The molecule has 0 radical (unpaired) electrons. The van der Waals surface area contributed by atoms with Gasteiger partial charge in [0.1, 0.15) is 0 Å². The number of halogens is 3. The molecule has 0 spiro atoms. The van der Waals surface area contributed by atoms with Crippen LogP contribution in [0.5, 0.6) is 5.75 Å². The molecule has 2 atom stereocenters. The van der Waals surface area contributed by atoms with Crippen LogP contribution in [-0.2, 0) is 0 Å². The van der Waals surface area contributed by atoms with Gasteiger partial charge in [0, 0.05) is 30.4 Å². The van der Waals surface area contributed by atoms with E-state index in [2.05, 4.69) is 21.9 Å². The minimum absolute atomic E-state index is 0.237. The van der Waals surface area contributed by atoms with E-state index in [1.165, 1.54) is 12.1 Å². The molecule has 1 aliphatic rings. The Labute approximate surface area is 110 Å². The standard InChI is InChI=1S/C13H17F3N2O/c1-8-5-10(7-18(8)2)17-9-3-4-12(11(14)6-9)19-13(15)16/h3-4,6,8,10,13,17H,5,7H2,1-2H3. The maximum Gasteiger partial charge on any atom is 0.387 e. The molecule has 1 fully saturated rings. The van der Waals surface area contributed by atoms with Gasteiger partial charge in [-0.05, 0) is 32.5 Å². The minimum Gasteiger partial charge on any atom is -0.432 e. The number of rotatable bonds is 4. The molecule has 2 rings (SSSR count). The molecule has 1 aromatic carbocycles. The monoisotopic (exact) mass is 274 g/mol. The van der Waals surface area contributed by atoms with Crippen LogP contribution >= 0.6 is 0 Å². The molecule has 3 nitrogen and oxygen atoms in total. The number of nitrogens with zero attached hydrogens (tertiary/aromatic N) is 1. The van der Waals surface area contributed by atoms with Crippen molar-refractivity contribution in [3.8, 4) is 5.75 Å². The van der Waals surface area contributed by atoms with E-state index >= 15 is 0 Å². The van der Waals surface area contributed by atoms with Crippen molar-refractivity contribution in [3.63, 3.8) is 0 Å². The van der Waals surface area contributed by atoms with E-state index in [0.29, 0.717) is 11.7 Å². The molecular weight excluding hydrogens is 257 g/mol. The van der Waals surface area contributed by atoms with Gasteiger partial charge >= 0.3 is 6.61 Å². The third-order valence-electron chi connectivity index (χ3n) is 3.41. The van der Waals surface area contributed by atoms with Crippen molar-refractivity contribution in [1.29, 1.82) is 0 Å². The zero-order valence-electron chi connectivity index (χ0n) is 10.9. The third kappa shape index (κ3) is 3.53. The molecule has 0 aromatic heterocycles. The van der Waals surface area contributed by atoms with Crippen LogP contribution in [-0.4, -0.2) is 37.2 Å². The lowest BCUT2D eigenvalue weighted by Crippen LogP contribution is -2.24. The molecule has 1 aliphatic heterocycles. The van der Waals surface area contributed by atoms with Crippen molar-refractivity contribution in [1.82, 2.24) is 4.90 Å². The second-order valence-corrected chi connectivity index (χ2v) is 4.89. The largest absolute Gasteiger partial charge is 0.432 e. The molecular formula is C13H17F3N2O. The van der Waals surface area contributed by atoms with Crippen LogP contribution in [0.4, 0.5) is 18.9 Å². The smallest absolute Gasteiger partial charge is 0.387 e. The van der Waals surface area contributed by atoms with Gasteiger partial charge in [-0.1, -0.05) is 0 Å². The first-order valence-electron chi connectivity index (χ1n) is 6.17. The highest BCUT2D eigenvalue weighted by Crippen LogP contribution is 2.25. The molecule has 0 bridgehead atoms. The fourth-order valence-corrected chi connectivity index (χ4v) is 2.32. The van der Waals surface area contributed by atoms with Crippen LogP contribution in [0.3, 0.4) is 0 Å². The summed E-state index contributed by atoms with van der Waals surface area (Å²) < 4.78 is 41.6. The number of benzene rings is 1. The maximum atomic E-state index is 13.5. The van der Waals surface area contributed by atoms with E-state index in [-0.39, 0.29) is 6.04 Å². The van der Waals surface area contributed by atoms with E-state index in [1.54, 1.807) is 6.07 Å². The van der Waals surface area contributed by atoms with Crippen LogP contribution in [0.15, 0.2) is 18.2 Å². The van der Waals surface area contributed by atoms with Gasteiger partial charge in [-0.15, -0.1) is 0 Å². The average molecular weight is 274 g/mol. The molecule has 1 saturated heterocycles. The molecule has 0 saturated carbocycles. The molecule has 0 aliphatic carbocycles. The number of alkyl halides is 2. The molecule has 1 N–H and O–H groups in total. The molecule has 1 heterocycles. The van der Waals surface area contributed by atoms with E-state index in [1.807, 2.05) is 7.05 Å². The molecule has 106 valence electrons. The second-order valence-electron chi connectivity index (χ2n) is 4.89. The Bertz CT molecular complexity index is 432. The van der Waals surface area contributed by atoms with E-state index in [9.17, 15) is 13.2 Å². The van der Waals surface area contributed by atoms with E-state index in [4.69, 9.17) is 0 Å². The summed E-state index contributed by atoms with van der Waals surface area (Å²) >= 11 is 0. The third-order valence-corrected chi connectivity index (χ3v) is 3.41. The highest BCUT2D eigenvalue weighted by atomic mass is 19.3. The van der Waals surface area contributed by atoms with Crippen molar-refractivity contribution in [2.75, 3.05) is 18.9 Å². The zero-order valence-corrected chi connectivity index (χ0v) is 10.9. The number of hydrogen-bond donors (Lipinski definition) is 1. The normalized spacial score (nSPS) is 23.9. The lowest BCUT2D eigenvalue weighted by molar-refractivity contribution is -0.0521. The first kappa shape index (κ1) is 14.0. The molecule has 19 heavy (non-hydrogen) atoms. The van der Waals surface area contributed by atoms with Crippen LogP contribution in [0.1, 0.15) is 13.3 Å². The SMILES string of the molecule is CC1CC(Nc2ccc(OC(F)F)c(F)c2)CN1C. The van der Waals surface area contributed by atoms with Gasteiger partial charge in [0.05, 0.1) is 0 Å². The first-order valence-corrected chi connectivity index (χ1v) is 6.17. The van der Waals surface area contributed by atoms with Crippen LogP contribution in [0.25, 0.3) is 0 Å². The minimum atomic E-state index is -3.02. The van der Waals surface area contributed by atoms with Gasteiger partial charge in [-0.3, -0.25) is 0 Å². The molecule has 2 unspecified atom stereocenters. The van der Waals surface area contributed by atoms with Crippen molar-refractivity contribution in [2.45, 2.75) is 32.0 Å². The Hall–Kier alpha value is -1.43. The molecule has 1 aromatic rings. The average Bonchev–Trinajstić information content (AvgIpc) is 2.61. The number of likely N-dealkylation sites (tertiary alicyclic amines) is 1. The van der Waals surface area contributed by atoms with Crippen LogP contribution in [0, 0.1) is 5.82 Å². The summed E-state index contributed by atoms with van der Waals surface area (Å²) in [4.78, 5) is 2.21. The van der Waals surface area contributed by atoms with Crippen molar-refractivity contribution >= 4 is 5.69 Å². The Morgan fingerprint density at radius 3 is 2.68 bits per heavy atom. The van der Waals surface area contributed by atoms with Crippen LogP contribution in [0.2, 0.25) is 0 Å². The lowest BCUT2D eigenvalue weighted by Gasteiger charge is -2.15. The van der Waals surface area contributed by atoms with Crippen molar-refractivity contribution in [3.05, 3.63) is 24.0 Å². The van der Waals surface area contributed by atoms with Crippen molar-refractivity contribution < 1.29 is 17.9 Å². The summed E-state index contributed by atoms with van der Waals surface area (Å²) in [5.74, 6) is -1.22. The number of ether oxygens (including phenoxy) is 1. The second kappa shape index (κ2) is 5.69. The van der Waals surface area contributed by atoms with Gasteiger partial charge < -0.3 is 15.0 Å².